The molecule has 1 N–H and O–H groups in total. The van der Waals surface area contributed by atoms with Crippen LogP contribution >= 0.6 is 0 Å². The lowest BCUT2D eigenvalue weighted by Crippen LogP contribution is -2.51. The van der Waals surface area contributed by atoms with Crippen molar-refractivity contribution in [1.82, 2.24) is 9.80 Å². The second kappa shape index (κ2) is 9.43. The monoisotopic (exact) mass is 432 g/mol. The molecule has 1 atom stereocenters. The summed E-state index contributed by atoms with van der Waals surface area (Å²) in [5, 5.41) is 2.98. The first kappa shape index (κ1) is 21.2. The van der Waals surface area contributed by atoms with E-state index in [0.29, 0.717) is 29.5 Å². The molecule has 0 spiro atoms. The number of hydrogen-bond acceptors (Lipinski definition) is 4. The summed E-state index contributed by atoms with van der Waals surface area (Å²) in [5.41, 5.74) is 2.59. The summed E-state index contributed by atoms with van der Waals surface area (Å²) >= 11 is 0. The third-order valence-corrected chi connectivity index (χ3v) is 7.04. The molecule has 2 saturated heterocycles. The van der Waals surface area contributed by atoms with E-state index in [0.717, 1.165) is 31.6 Å². The molecule has 2 fully saturated rings. The molecule has 2 aromatic rings. The molecular formula is C26H32N4O2. The first-order valence-electron chi connectivity index (χ1n) is 12.0. The second-order valence-corrected chi connectivity index (χ2v) is 9.20. The second-order valence-electron chi connectivity index (χ2n) is 9.20. The molecule has 6 nitrogen and oxygen atoms in total. The van der Waals surface area contributed by atoms with Gasteiger partial charge in [-0.1, -0.05) is 37.1 Å². The van der Waals surface area contributed by atoms with Crippen LogP contribution in [0.4, 0.5) is 17.1 Å². The first-order chi connectivity index (χ1) is 15.7. The Balaban J connectivity index is 1.42. The van der Waals surface area contributed by atoms with Gasteiger partial charge < -0.3 is 10.2 Å². The molecule has 0 aliphatic carbocycles. The topological polar surface area (TPSA) is 55.9 Å². The highest BCUT2D eigenvalue weighted by molar-refractivity contribution is 6.17. The standard InChI is InChI=1S/C26H32N4O2/c31-25(19-29-17-9-6-10-20(29)18-28-15-7-1-8-16-28)30-23-13-4-2-11-21(23)26(32)27-22-12-3-5-14-24(22)30/h2-5,11-14,20H,1,6-10,15-19H2,(H,27,32). The molecule has 0 saturated carbocycles. The fourth-order valence-corrected chi connectivity index (χ4v) is 5.38. The van der Waals surface area contributed by atoms with E-state index >= 15 is 0 Å². The quantitative estimate of drug-likeness (QED) is 0.785. The molecule has 2 amide bonds. The third kappa shape index (κ3) is 4.30. The minimum absolute atomic E-state index is 0.0203. The van der Waals surface area contributed by atoms with E-state index in [-0.39, 0.29) is 11.8 Å². The average Bonchev–Trinajstić information content (AvgIpc) is 2.95. The number of carbonyl (C=O) groups is 2. The number of fused-ring (bicyclic) bond motifs is 2. The molecule has 168 valence electrons. The Labute approximate surface area is 190 Å². The Morgan fingerprint density at radius 2 is 1.59 bits per heavy atom. The highest BCUT2D eigenvalue weighted by Crippen LogP contribution is 2.38. The molecule has 0 bridgehead atoms. The fourth-order valence-electron chi connectivity index (χ4n) is 5.38. The molecule has 3 aliphatic heterocycles. The number of piperidine rings is 2. The summed E-state index contributed by atoms with van der Waals surface area (Å²) < 4.78 is 0. The molecule has 0 aromatic heterocycles. The first-order valence-corrected chi connectivity index (χ1v) is 12.0. The van der Waals surface area contributed by atoms with E-state index < -0.39 is 0 Å². The van der Waals surface area contributed by atoms with Crippen molar-refractivity contribution in [2.45, 2.75) is 44.6 Å². The van der Waals surface area contributed by atoms with Crippen molar-refractivity contribution in [1.29, 1.82) is 0 Å². The van der Waals surface area contributed by atoms with Crippen molar-refractivity contribution in [3.05, 3.63) is 54.1 Å². The zero-order valence-corrected chi connectivity index (χ0v) is 18.6. The number of hydrogen-bond donors (Lipinski definition) is 1. The maximum absolute atomic E-state index is 13.8. The van der Waals surface area contributed by atoms with Gasteiger partial charge in [-0.05, 0) is 69.6 Å². The molecule has 1 unspecified atom stereocenters. The van der Waals surface area contributed by atoms with E-state index in [2.05, 4.69) is 15.1 Å². The number of nitrogens with one attached hydrogen (secondary N) is 1. The molecule has 5 rings (SSSR count). The Bertz CT molecular complexity index is 985. The number of likely N-dealkylation sites (tertiary alicyclic amines) is 2. The van der Waals surface area contributed by atoms with Crippen LogP contribution in [0.3, 0.4) is 0 Å². The van der Waals surface area contributed by atoms with Gasteiger partial charge in [0.2, 0.25) is 5.91 Å². The van der Waals surface area contributed by atoms with Crippen LogP contribution in [0.2, 0.25) is 0 Å². The van der Waals surface area contributed by atoms with Gasteiger partial charge in [0.25, 0.3) is 5.91 Å². The van der Waals surface area contributed by atoms with Gasteiger partial charge in [0.05, 0.1) is 29.2 Å². The zero-order chi connectivity index (χ0) is 21.9. The zero-order valence-electron chi connectivity index (χ0n) is 18.6. The number of rotatable bonds is 4. The van der Waals surface area contributed by atoms with Crippen LogP contribution in [0.15, 0.2) is 48.5 Å². The van der Waals surface area contributed by atoms with Crippen molar-refractivity contribution >= 4 is 28.9 Å². The predicted molar refractivity (Wildman–Crippen MR) is 127 cm³/mol. The van der Waals surface area contributed by atoms with E-state index in [4.69, 9.17) is 0 Å². The summed E-state index contributed by atoms with van der Waals surface area (Å²) in [6, 6.07) is 15.4. The molecule has 3 heterocycles. The number of anilines is 3. The van der Waals surface area contributed by atoms with Crippen LogP contribution in [0.25, 0.3) is 0 Å². The van der Waals surface area contributed by atoms with Gasteiger partial charge in [-0.25, -0.2) is 0 Å². The largest absolute Gasteiger partial charge is 0.320 e. The molecule has 0 radical (unpaired) electrons. The average molecular weight is 433 g/mol. The Hall–Kier alpha value is -2.70. The highest BCUT2D eigenvalue weighted by atomic mass is 16.2. The summed E-state index contributed by atoms with van der Waals surface area (Å²) in [6.45, 7) is 4.74. The summed E-state index contributed by atoms with van der Waals surface area (Å²) in [5.74, 6) is -0.156. The number of amides is 2. The molecule has 2 aromatic carbocycles. The number of carbonyl (C=O) groups excluding carboxylic acids is 2. The molecular weight excluding hydrogens is 400 g/mol. The maximum atomic E-state index is 13.8. The van der Waals surface area contributed by atoms with E-state index in [9.17, 15) is 9.59 Å². The fraction of sp³-hybridized carbons (Fsp3) is 0.462. The van der Waals surface area contributed by atoms with Gasteiger partial charge in [0, 0.05) is 12.6 Å². The lowest BCUT2D eigenvalue weighted by Gasteiger charge is -2.40. The van der Waals surface area contributed by atoms with Crippen molar-refractivity contribution < 1.29 is 9.59 Å². The molecule has 32 heavy (non-hydrogen) atoms. The van der Waals surface area contributed by atoms with Gasteiger partial charge in [-0.3, -0.25) is 19.4 Å². The van der Waals surface area contributed by atoms with Crippen molar-refractivity contribution in [2.24, 2.45) is 0 Å². The third-order valence-electron chi connectivity index (χ3n) is 7.04. The van der Waals surface area contributed by atoms with Crippen molar-refractivity contribution in [2.75, 3.05) is 42.9 Å². The van der Waals surface area contributed by atoms with Crippen molar-refractivity contribution in [3.63, 3.8) is 0 Å². The van der Waals surface area contributed by atoms with Gasteiger partial charge >= 0.3 is 0 Å². The number of benzene rings is 2. The van der Waals surface area contributed by atoms with E-state index in [1.807, 2.05) is 42.5 Å². The van der Waals surface area contributed by atoms with E-state index in [1.54, 1.807) is 11.0 Å². The van der Waals surface area contributed by atoms with Gasteiger partial charge in [-0.15, -0.1) is 0 Å². The predicted octanol–water partition coefficient (Wildman–Crippen LogP) is 4.26. The Morgan fingerprint density at radius 3 is 2.44 bits per heavy atom. The van der Waals surface area contributed by atoms with Crippen molar-refractivity contribution in [3.8, 4) is 0 Å². The van der Waals surface area contributed by atoms with Gasteiger partial charge in [0.15, 0.2) is 0 Å². The highest BCUT2D eigenvalue weighted by Gasteiger charge is 2.32. The lowest BCUT2D eigenvalue weighted by atomic mass is 10.00. The summed E-state index contributed by atoms with van der Waals surface area (Å²) in [7, 11) is 0. The Kier molecular flexibility index (Phi) is 6.23. The molecule has 6 heteroatoms. The maximum Gasteiger partial charge on any atom is 0.257 e. The summed E-state index contributed by atoms with van der Waals surface area (Å²) in [6.07, 6.45) is 7.43. The lowest BCUT2D eigenvalue weighted by molar-refractivity contribution is -0.120. The van der Waals surface area contributed by atoms with Crippen LogP contribution in [0, 0.1) is 0 Å². The van der Waals surface area contributed by atoms with Gasteiger partial charge in [0.1, 0.15) is 0 Å². The smallest absolute Gasteiger partial charge is 0.257 e. The van der Waals surface area contributed by atoms with Crippen LogP contribution in [0.5, 0.6) is 0 Å². The molecule has 3 aliphatic rings. The number of para-hydroxylation sites is 3. The SMILES string of the molecule is O=C1Nc2ccccc2N(C(=O)CN2CCCCC2CN2CCCCC2)c2ccccc21. The minimum atomic E-state index is -0.177. The van der Waals surface area contributed by atoms with Crippen LogP contribution in [-0.2, 0) is 4.79 Å². The minimum Gasteiger partial charge on any atom is -0.320 e. The van der Waals surface area contributed by atoms with Crippen LogP contribution < -0.4 is 10.2 Å². The Morgan fingerprint density at radius 1 is 0.875 bits per heavy atom. The summed E-state index contributed by atoms with van der Waals surface area (Å²) in [4.78, 5) is 33.4. The number of nitrogens with zero attached hydrogens (tertiary/aromatic N) is 3. The van der Waals surface area contributed by atoms with Crippen LogP contribution in [0.1, 0.15) is 48.9 Å². The van der Waals surface area contributed by atoms with Crippen LogP contribution in [-0.4, -0.2) is 60.4 Å². The van der Waals surface area contributed by atoms with Gasteiger partial charge in [-0.2, -0.15) is 0 Å². The normalized spacial score (nSPS) is 21.9. The van der Waals surface area contributed by atoms with E-state index in [1.165, 1.54) is 38.8 Å².